The Hall–Kier alpha value is -5.97. The van der Waals surface area contributed by atoms with E-state index in [0.717, 1.165) is 46.4 Å². The Morgan fingerprint density at radius 1 is 0.732 bits per heavy atom. The van der Waals surface area contributed by atoms with Crippen LogP contribution in [0.1, 0.15) is 64.0 Å². The molecule has 5 aromatic carbocycles. The van der Waals surface area contributed by atoms with Crippen LogP contribution in [0.2, 0.25) is 0 Å². The molecule has 0 aliphatic carbocycles. The van der Waals surface area contributed by atoms with Gasteiger partial charge >= 0.3 is 6.18 Å². The lowest BCUT2D eigenvalue weighted by molar-refractivity contribution is -0.137. The summed E-state index contributed by atoms with van der Waals surface area (Å²) in [5.74, 6) is -0.105. The molecule has 2 heterocycles. The minimum absolute atomic E-state index is 0.0576. The quantitative estimate of drug-likeness (QED) is 0.167. The molecule has 0 unspecified atom stereocenters. The Labute approximate surface area is 324 Å². The molecule has 290 valence electrons. The van der Waals surface area contributed by atoms with E-state index in [4.69, 9.17) is 5.73 Å². The van der Waals surface area contributed by atoms with Crippen molar-refractivity contribution in [3.8, 4) is 11.1 Å². The summed E-state index contributed by atoms with van der Waals surface area (Å²) in [5, 5.41) is 2.91. The van der Waals surface area contributed by atoms with Crippen LogP contribution < -0.4 is 5.32 Å². The molecule has 0 fully saturated rings. The van der Waals surface area contributed by atoms with Gasteiger partial charge in [-0.05, 0) is 100 Å². The third-order valence-corrected chi connectivity index (χ3v) is 9.95. The number of hydrogen-bond acceptors (Lipinski definition) is 3. The van der Waals surface area contributed by atoms with Crippen molar-refractivity contribution in [2.45, 2.75) is 58.8 Å². The van der Waals surface area contributed by atoms with Crippen LogP contribution in [0.5, 0.6) is 0 Å². The number of alkyl halides is 3. The zero-order valence-electron chi connectivity index (χ0n) is 31.3. The van der Waals surface area contributed by atoms with E-state index < -0.39 is 11.7 Å². The highest BCUT2D eigenvalue weighted by atomic mass is 19.4. The van der Waals surface area contributed by atoms with E-state index in [-0.39, 0.29) is 23.5 Å². The lowest BCUT2D eigenvalue weighted by atomic mass is 9.97. The maximum Gasteiger partial charge on any atom is 0.416 e. The molecule has 7 nitrogen and oxygen atoms in total. The van der Waals surface area contributed by atoms with E-state index in [9.17, 15) is 31.9 Å². The third kappa shape index (κ3) is 10.0. The minimum Gasteiger partial charge on any atom is -0.699 e. The molecular weight excluding hydrogens is 721 g/mol. The van der Waals surface area contributed by atoms with Crippen molar-refractivity contribution < 1.29 is 31.9 Å². The first-order valence-electron chi connectivity index (χ1n) is 18.6. The maximum atomic E-state index is 13.1. The molecular formula is C45H43F4N4O3-. The number of anilines is 1. The van der Waals surface area contributed by atoms with Crippen molar-refractivity contribution in [1.29, 1.82) is 0 Å². The Balaban J connectivity index is 0.000000215. The molecule has 0 bridgehead atoms. The van der Waals surface area contributed by atoms with Gasteiger partial charge in [0.2, 0.25) is 11.8 Å². The topological polar surface area (TPSA) is 93.5 Å². The second-order valence-electron chi connectivity index (χ2n) is 14.6. The number of fused-ring (bicyclic) bond motifs is 2. The Bertz CT molecular complexity index is 2200. The first kappa shape index (κ1) is 39.7. The molecule has 2 N–H and O–H groups in total. The summed E-state index contributed by atoms with van der Waals surface area (Å²) >= 11 is 0. The first-order valence-corrected chi connectivity index (χ1v) is 18.6. The highest BCUT2D eigenvalue weighted by Gasteiger charge is 2.30. The predicted molar refractivity (Wildman–Crippen MR) is 209 cm³/mol. The molecule has 0 spiro atoms. The van der Waals surface area contributed by atoms with Gasteiger partial charge in [-0.15, -0.1) is 5.69 Å². The lowest BCUT2D eigenvalue weighted by Crippen LogP contribution is -2.36. The highest BCUT2D eigenvalue weighted by molar-refractivity contribution is 6.08. The van der Waals surface area contributed by atoms with Gasteiger partial charge in [-0.25, -0.2) is 4.39 Å². The number of hydrogen-bond donors (Lipinski definition) is 1. The minimum atomic E-state index is -4.42. The van der Waals surface area contributed by atoms with Crippen LogP contribution in [0, 0.1) is 11.7 Å². The van der Waals surface area contributed by atoms with Crippen LogP contribution in [-0.2, 0) is 48.1 Å². The molecule has 11 heteroatoms. The van der Waals surface area contributed by atoms with Crippen molar-refractivity contribution in [3.05, 3.63) is 160 Å². The van der Waals surface area contributed by atoms with Gasteiger partial charge in [0.1, 0.15) is 5.82 Å². The van der Waals surface area contributed by atoms with Crippen LogP contribution in [0.4, 0.5) is 28.9 Å². The van der Waals surface area contributed by atoms with Gasteiger partial charge in [0.15, 0.2) is 0 Å². The zero-order valence-corrected chi connectivity index (χ0v) is 31.3. The Morgan fingerprint density at radius 3 is 1.98 bits per heavy atom. The van der Waals surface area contributed by atoms with Crippen LogP contribution >= 0.6 is 0 Å². The van der Waals surface area contributed by atoms with Crippen molar-refractivity contribution in [1.82, 2.24) is 9.80 Å². The number of carbonyl (C=O) groups is 3. The Morgan fingerprint density at radius 2 is 1.34 bits per heavy atom. The smallest absolute Gasteiger partial charge is 0.416 e. The van der Waals surface area contributed by atoms with Gasteiger partial charge < -0.3 is 20.9 Å². The molecule has 2 aliphatic rings. The molecule has 7 rings (SSSR count). The second-order valence-corrected chi connectivity index (χ2v) is 14.6. The molecule has 0 saturated carbocycles. The summed E-state index contributed by atoms with van der Waals surface area (Å²) in [7, 11) is 0. The molecule has 5 aromatic rings. The van der Waals surface area contributed by atoms with Crippen LogP contribution in [-0.4, -0.2) is 40.6 Å². The zero-order chi connectivity index (χ0) is 40.0. The van der Waals surface area contributed by atoms with E-state index in [1.54, 1.807) is 42.5 Å². The molecule has 0 atom stereocenters. The maximum absolute atomic E-state index is 13.1. The second kappa shape index (κ2) is 17.2. The fourth-order valence-electron chi connectivity index (χ4n) is 6.95. The number of nitrogens with one attached hydrogen (secondary N) is 2. The predicted octanol–water partition coefficient (Wildman–Crippen LogP) is 10.2. The Kier molecular flexibility index (Phi) is 12.2. The van der Waals surface area contributed by atoms with Gasteiger partial charge in [-0.1, -0.05) is 80.6 Å². The average molecular weight is 764 g/mol. The van der Waals surface area contributed by atoms with Crippen LogP contribution in [0.25, 0.3) is 16.9 Å². The van der Waals surface area contributed by atoms with E-state index in [1.165, 1.54) is 24.3 Å². The SMILES string of the molecule is CC(C)CC(=O)N1CCc2cc(NC(=O)c3ccccc3-c3ccc(C(F)(F)F)cc3)ccc2C1.[NH-]c1ccc2c(c1)CCN(C(=O)Cc1ccc(F)cc1)C2. The summed E-state index contributed by atoms with van der Waals surface area (Å²) in [5.41, 5.74) is 14.8. The van der Waals surface area contributed by atoms with Gasteiger partial charge in [-0.2, -0.15) is 13.2 Å². The summed E-state index contributed by atoms with van der Waals surface area (Å²) < 4.78 is 51.6. The van der Waals surface area contributed by atoms with Crippen molar-refractivity contribution >= 4 is 29.1 Å². The van der Waals surface area contributed by atoms with Crippen LogP contribution in [0.15, 0.2) is 109 Å². The third-order valence-electron chi connectivity index (χ3n) is 9.95. The molecule has 2 aliphatic heterocycles. The number of nitrogens with zero attached hydrogens (tertiary/aromatic N) is 2. The van der Waals surface area contributed by atoms with Gasteiger partial charge in [0.25, 0.3) is 5.91 Å². The molecule has 0 radical (unpaired) electrons. The van der Waals surface area contributed by atoms with E-state index in [1.807, 2.05) is 54.0 Å². The average Bonchev–Trinajstić information content (AvgIpc) is 3.18. The number of amides is 3. The van der Waals surface area contributed by atoms with Gasteiger partial charge in [-0.3, -0.25) is 14.4 Å². The summed E-state index contributed by atoms with van der Waals surface area (Å²) in [6.45, 7) is 6.53. The highest BCUT2D eigenvalue weighted by Crippen LogP contribution is 2.32. The number of benzene rings is 5. The normalized spacial score (nSPS) is 13.6. The molecule has 0 aromatic heterocycles. The largest absolute Gasteiger partial charge is 0.699 e. The molecule has 0 saturated heterocycles. The van der Waals surface area contributed by atoms with Crippen molar-refractivity contribution in [3.63, 3.8) is 0 Å². The van der Waals surface area contributed by atoms with Crippen LogP contribution in [0.3, 0.4) is 0 Å². The number of rotatable bonds is 7. The van der Waals surface area contributed by atoms with E-state index in [0.29, 0.717) is 79.4 Å². The standard InChI is InChI=1S/C28H27F3N2O2.C17H16FN2O/c1-18(2)15-26(34)33-14-13-20-16-23(12-9-21(20)17-33)32-27(35)25-6-4-3-5-24(25)19-7-10-22(11-8-19)28(29,30)31;18-15-4-1-12(2-5-15)9-17(21)20-8-7-13-10-16(19)6-3-14(13)11-20/h3-12,16,18H,13-15,17H2,1-2H3,(H,32,35);1-6,10,19H,7-9,11H2/q;-1. The fourth-order valence-corrected chi connectivity index (χ4v) is 6.95. The van der Waals surface area contributed by atoms with Crippen molar-refractivity contribution in [2.24, 2.45) is 5.92 Å². The van der Waals surface area contributed by atoms with Gasteiger partial charge in [0.05, 0.1) is 12.0 Å². The summed E-state index contributed by atoms with van der Waals surface area (Å²) in [4.78, 5) is 41.5. The summed E-state index contributed by atoms with van der Waals surface area (Å²) in [6, 6.07) is 28.9. The van der Waals surface area contributed by atoms with E-state index in [2.05, 4.69) is 5.32 Å². The van der Waals surface area contributed by atoms with Gasteiger partial charge in [0, 0.05) is 43.9 Å². The molecule has 56 heavy (non-hydrogen) atoms. The number of halogens is 4. The fraction of sp³-hybridized carbons (Fsp3) is 0.267. The van der Waals surface area contributed by atoms with Crippen molar-refractivity contribution in [2.75, 3.05) is 18.4 Å². The van der Waals surface area contributed by atoms with E-state index >= 15 is 0 Å². The number of carbonyl (C=O) groups excluding carboxylic acids is 3. The monoisotopic (exact) mass is 763 g/mol. The summed E-state index contributed by atoms with van der Waals surface area (Å²) in [6.07, 6.45) is -2.09. The lowest BCUT2D eigenvalue weighted by Gasteiger charge is -2.30. The first-order chi connectivity index (χ1) is 26.7. The molecule has 3 amide bonds.